The van der Waals surface area contributed by atoms with Crippen LogP contribution in [-0.2, 0) is 16.4 Å². The first-order valence-corrected chi connectivity index (χ1v) is 5.59. The van der Waals surface area contributed by atoms with Crippen LogP contribution in [0.15, 0.2) is 23.1 Å². The molecule has 1 aromatic rings. The van der Waals surface area contributed by atoms with Crippen LogP contribution >= 0.6 is 11.6 Å². The van der Waals surface area contributed by atoms with Crippen molar-refractivity contribution in [2.24, 2.45) is 0 Å². The number of sulfone groups is 1. The van der Waals surface area contributed by atoms with E-state index < -0.39 is 9.84 Å². The Morgan fingerprint density at radius 1 is 1.77 bits per heavy atom. The van der Waals surface area contributed by atoms with Gasteiger partial charge in [-0.15, -0.1) is 10.2 Å². The molecule has 72 valence electrons. The van der Waals surface area contributed by atoms with Crippen LogP contribution in [-0.4, -0.2) is 29.4 Å². The van der Waals surface area contributed by atoms with Crippen molar-refractivity contribution in [2.75, 3.05) is 6.26 Å². The Bertz CT molecular complexity index is 423. The third-order valence-electron chi connectivity index (χ3n) is 1.25. The fraction of sp³-hybridized carbons (Fsp3) is 0.333. The molecule has 0 aliphatic carbocycles. The van der Waals surface area contributed by atoms with Crippen LogP contribution in [0.5, 0.6) is 0 Å². The summed E-state index contributed by atoms with van der Waals surface area (Å²) in [6.45, 7) is 3.64. The lowest BCUT2D eigenvalue weighted by atomic mass is 10.6. The molecule has 0 unspecified atom stereocenters. The predicted octanol–water partition coefficient (Wildman–Crippen LogP) is 0.434. The van der Waals surface area contributed by atoms with Crippen LogP contribution in [0.3, 0.4) is 0 Å². The van der Waals surface area contributed by atoms with Gasteiger partial charge in [-0.25, -0.2) is 8.42 Å². The Morgan fingerprint density at radius 2 is 2.38 bits per heavy atom. The average molecular weight is 222 g/mol. The lowest BCUT2D eigenvalue weighted by Gasteiger charge is -2.01. The van der Waals surface area contributed by atoms with Crippen LogP contribution in [0, 0.1) is 0 Å². The van der Waals surface area contributed by atoms with Gasteiger partial charge in [0.1, 0.15) is 6.33 Å². The minimum atomic E-state index is -3.35. The van der Waals surface area contributed by atoms with Gasteiger partial charge in [0.25, 0.3) is 0 Å². The summed E-state index contributed by atoms with van der Waals surface area (Å²) in [5, 5.41) is 7.16. The smallest absolute Gasteiger partial charge is 0.249 e. The molecule has 0 aliphatic rings. The normalized spacial score (nSPS) is 11.5. The van der Waals surface area contributed by atoms with Gasteiger partial charge in [0.05, 0.1) is 6.54 Å². The topological polar surface area (TPSA) is 64.8 Å². The Kier molecular flexibility index (Phi) is 2.72. The molecule has 0 spiro atoms. The molecule has 13 heavy (non-hydrogen) atoms. The van der Waals surface area contributed by atoms with E-state index in [4.69, 9.17) is 11.6 Å². The molecule has 0 saturated heterocycles. The molecule has 0 aliphatic heterocycles. The fourth-order valence-electron chi connectivity index (χ4n) is 0.825. The summed E-state index contributed by atoms with van der Waals surface area (Å²) in [5.41, 5.74) is 0. The Labute approximate surface area is 81.0 Å². The van der Waals surface area contributed by atoms with E-state index in [-0.39, 0.29) is 11.7 Å². The predicted molar refractivity (Wildman–Crippen MR) is 48.1 cm³/mol. The van der Waals surface area contributed by atoms with Gasteiger partial charge in [0.15, 0.2) is 0 Å². The van der Waals surface area contributed by atoms with Crippen LogP contribution in [0.2, 0.25) is 0 Å². The van der Waals surface area contributed by atoms with E-state index in [9.17, 15) is 8.42 Å². The summed E-state index contributed by atoms with van der Waals surface area (Å²) in [7, 11) is -3.35. The van der Waals surface area contributed by atoms with Gasteiger partial charge >= 0.3 is 0 Å². The molecular formula is C6H8ClN3O2S. The van der Waals surface area contributed by atoms with Gasteiger partial charge in [-0.05, 0) is 0 Å². The minimum Gasteiger partial charge on any atom is -0.299 e. The van der Waals surface area contributed by atoms with Gasteiger partial charge in [0.2, 0.25) is 15.0 Å². The summed E-state index contributed by atoms with van der Waals surface area (Å²) in [4.78, 5) is 0. The van der Waals surface area contributed by atoms with Crippen LogP contribution in [0.1, 0.15) is 0 Å². The highest BCUT2D eigenvalue weighted by Crippen LogP contribution is 2.08. The van der Waals surface area contributed by atoms with Gasteiger partial charge in [-0.3, -0.25) is 4.57 Å². The molecule has 1 aromatic heterocycles. The molecule has 7 heteroatoms. The van der Waals surface area contributed by atoms with Crippen molar-refractivity contribution >= 4 is 21.4 Å². The molecule has 0 aromatic carbocycles. The maximum absolute atomic E-state index is 11.1. The molecule has 0 saturated carbocycles. The molecule has 0 fully saturated rings. The van der Waals surface area contributed by atoms with E-state index in [0.717, 1.165) is 6.26 Å². The fourth-order valence-corrected chi connectivity index (χ4v) is 1.69. The van der Waals surface area contributed by atoms with Gasteiger partial charge < -0.3 is 0 Å². The number of nitrogens with zero attached hydrogens (tertiary/aromatic N) is 3. The van der Waals surface area contributed by atoms with E-state index in [1.54, 1.807) is 0 Å². The quantitative estimate of drug-likeness (QED) is 0.743. The van der Waals surface area contributed by atoms with Crippen LogP contribution in [0.4, 0.5) is 0 Å². The third-order valence-corrected chi connectivity index (χ3v) is 2.35. The highest BCUT2D eigenvalue weighted by Gasteiger charge is 2.15. The minimum absolute atomic E-state index is 0.102. The number of halogens is 1. The van der Waals surface area contributed by atoms with E-state index in [1.165, 1.54) is 10.9 Å². The van der Waals surface area contributed by atoms with Gasteiger partial charge in [-0.1, -0.05) is 18.2 Å². The SMILES string of the molecule is C=C(Cl)Cn1cnnc1S(C)(=O)=O. The lowest BCUT2D eigenvalue weighted by Crippen LogP contribution is -2.08. The van der Waals surface area contributed by atoms with Crippen molar-refractivity contribution in [1.82, 2.24) is 14.8 Å². The molecule has 0 amide bonds. The molecule has 0 atom stereocenters. The summed E-state index contributed by atoms with van der Waals surface area (Å²) in [6, 6.07) is 0. The number of rotatable bonds is 3. The third kappa shape index (κ3) is 2.53. The molecule has 1 heterocycles. The molecule has 1 rings (SSSR count). The largest absolute Gasteiger partial charge is 0.299 e. The van der Waals surface area contributed by atoms with Crippen LogP contribution in [0.25, 0.3) is 0 Å². The zero-order valence-electron chi connectivity index (χ0n) is 6.94. The first kappa shape index (κ1) is 10.2. The van der Waals surface area contributed by atoms with Gasteiger partial charge in [0, 0.05) is 11.3 Å². The molecule has 0 radical (unpaired) electrons. The van der Waals surface area contributed by atoms with Crippen molar-refractivity contribution in [1.29, 1.82) is 0 Å². The van der Waals surface area contributed by atoms with Crippen molar-refractivity contribution < 1.29 is 8.42 Å². The van der Waals surface area contributed by atoms with E-state index in [2.05, 4.69) is 16.8 Å². The van der Waals surface area contributed by atoms with Crippen LogP contribution < -0.4 is 0 Å². The van der Waals surface area contributed by atoms with Crippen molar-refractivity contribution in [2.45, 2.75) is 11.7 Å². The summed E-state index contributed by atoms with van der Waals surface area (Å²) in [6.07, 6.45) is 2.36. The van der Waals surface area contributed by atoms with Crippen molar-refractivity contribution in [3.63, 3.8) is 0 Å². The summed E-state index contributed by atoms with van der Waals surface area (Å²) in [5.74, 6) is 0. The van der Waals surface area contributed by atoms with E-state index >= 15 is 0 Å². The van der Waals surface area contributed by atoms with E-state index in [1.807, 2.05) is 0 Å². The van der Waals surface area contributed by atoms with Crippen molar-refractivity contribution in [3.05, 3.63) is 17.9 Å². The molecule has 5 nitrogen and oxygen atoms in total. The first-order chi connectivity index (χ1) is 5.91. The number of hydrogen-bond acceptors (Lipinski definition) is 4. The maximum atomic E-state index is 11.1. The monoisotopic (exact) mass is 221 g/mol. The zero-order valence-corrected chi connectivity index (χ0v) is 8.51. The maximum Gasteiger partial charge on any atom is 0.249 e. The average Bonchev–Trinajstić information content (AvgIpc) is 2.31. The van der Waals surface area contributed by atoms with Gasteiger partial charge in [-0.2, -0.15) is 0 Å². The second-order valence-electron chi connectivity index (χ2n) is 2.53. The highest BCUT2D eigenvalue weighted by atomic mass is 35.5. The Hall–Kier alpha value is -0.880. The first-order valence-electron chi connectivity index (χ1n) is 3.32. The lowest BCUT2D eigenvalue weighted by molar-refractivity contribution is 0.578. The zero-order chi connectivity index (χ0) is 10.1. The Balaban J connectivity index is 3.11. The second kappa shape index (κ2) is 3.47. The molecular weight excluding hydrogens is 214 g/mol. The number of hydrogen-bond donors (Lipinski definition) is 0. The summed E-state index contributed by atoms with van der Waals surface area (Å²) >= 11 is 5.53. The standard InChI is InChI=1S/C6H8ClN3O2S/c1-5(7)3-10-4-8-9-6(10)13(2,11)12/h4H,1,3H2,2H3. The Morgan fingerprint density at radius 3 is 2.85 bits per heavy atom. The van der Waals surface area contributed by atoms with E-state index in [0.29, 0.717) is 5.03 Å². The molecule has 0 bridgehead atoms. The second-order valence-corrected chi connectivity index (χ2v) is 4.97. The molecule has 0 N–H and O–H groups in total. The van der Waals surface area contributed by atoms with Crippen molar-refractivity contribution in [3.8, 4) is 0 Å². The highest BCUT2D eigenvalue weighted by molar-refractivity contribution is 7.90. The number of aromatic nitrogens is 3. The number of allylic oxidation sites excluding steroid dienone is 1. The summed E-state index contributed by atoms with van der Waals surface area (Å²) < 4.78 is 23.5.